The van der Waals surface area contributed by atoms with Gasteiger partial charge >= 0.3 is 7.82 Å². The van der Waals surface area contributed by atoms with Crippen LogP contribution in [-0.2, 0) is 18.4 Å². The predicted octanol–water partition coefficient (Wildman–Crippen LogP) is 19.9. The minimum absolute atomic E-state index is 0.0487. The summed E-state index contributed by atoms with van der Waals surface area (Å²) in [7, 11) is 1.54. The van der Waals surface area contributed by atoms with Gasteiger partial charge in [0.2, 0.25) is 5.91 Å². The van der Waals surface area contributed by atoms with Crippen molar-refractivity contribution in [3.8, 4) is 0 Å². The lowest BCUT2D eigenvalue weighted by molar-refractivity contribution is -0.870. The topological polar surface area (TPSA) is 105 Å². The first kappa shape index (κ1) is 74.6. The van der Waals surface area contributed by atoms with E-state index in [-0.39, 0.29) is 19.1 Å². The van der Waals surface area contributed by atoms with Crippen LogP contribution >= 0.6 is 7.82 Å². The van der Waals surface area contributed by atoms with E-state index in [2.05, 4.69) is 141 Å². The van der Waals surface area contributed by atoms with Crippen molar-refractivity contribution >= 4 is 13.7 Å². The number of phosphoric ester groups is 1. The van der Waals surface area contributed by atoms with Crippen molar-refractivity contribution in [2.45, 2.75) is 257 Å². The van der Waals surface area contributed by atoms with Crippen LogP contribution in [0.2, 0.25) is 0 Å². The number of allylic oxidation sites excluding steroid dienone is 21. The third-order valence-corrected chi connectivity index (χ3v) is 14.3. The van der Waals surface area contributed by atoms with Gasteiger partial charge in [-0.1, -0.05) is 270 Å². The Morgan fingerprint density at radius 1 is 0.449 bits per heavy atom. The van der Waals surface area contributed by atoms with Crippen LogP contribution in [0.4, 0.5) is 0 Å². The van der Waals surface area contributed by atoms with Gasteiger partial charge in [0.05, 0.1) is 39.9 Å². The molecule has 0 saturated heterocycles. The van der Waals surface area contributed by atoms with E-state index in [4.69, 9.17) is 9.05 Å². The van der Waals surface area contributed by atoms with E-state index in [0.717, 1.165) is 103 Å². The molecule has 0 spiro atoms. The molecule has 0 rings (SSSR count). The highest BCUT2D eigenvalue weighted by Crippen LogP contribution is 2.43. The number of nitrogens with one attached hydrogen (secondary N) is 1. The first-order valence-corrected chi connectivity index (χ1v) is 33.1. The Labute approximate surface area is 481 Å². The van der Waals surface area contributed by atoms with Crippen LogP contribution in [0, 0.1) is 0 Å². The van der Waals surface area contributed by atoms with Crippen LogP contribution in [0.25, 0.3) is 0 Å². The lowest BCUT2D eigenvalue weighted by atomic mass is 10.0. The summed E-state index contributed by atoms with van der Waals surface area (Å²) in [5.41, 5.74) is 0. The molecule has 8 nitrogen and oxygen atoms in total. The zero-order valence-corrected chi connectivity index (χ0v) is 51.7. The summed E-state index contributed by atoms with van der Waals surface area (Å²) in [6.45, 7) is 4.67. The van der Waals surface area contributed by atoms with Gasteiger partial charge in [0.1, 0.15) is 13.2 Å². The SMILES string of the molecule is CC/C=C\C/C=C\C/C=C\C/C=C\C/C=C\C/C=C\C/C=C\C/C=C\C/C=C\CCCCCCCCCCCC(=O)NC(COP(=O)(O)OCC[N+](C)(C)C)C(O)/C=C/CC/C=C/CCCCCCCCCCCCCCC. The summed E-state index contributed by atoms with van der Waals surface area (Å²) in [5, 5.41) is 13.9. The molecule has 0 radical (unpaired) electrons. The first-order valence-electron chi connectivity index (χ1n) is 31.6. The van der Waals surface area contributed by atoms with Crippen molar-refractivity contribution in [1.29, 1.82) is 0 Å². The van der Waals surface area contributed by atoms with Crippen LogP contribution in [0.5, 0.6) is 0 Å². The summed E-state index contributed by atoms with van der Waals surface area (Å²) >= 11 is 0. The Morgan fingerprint density at radius 2 is 0.782 bits per heavy atom. The van der Waals surface area contributed by atoms with E-state index >= 15 is 0 Å². The second kappa shape index (κ2) is 58.3. The third kappa shape index (κ3) is 60.3. The molecule has 0 aromatic rings. The molecule has 0 fully saturated rings. The Bertz CT molecular complexity index is 1730. The molecule has 78 heavy (non-hydrogen) atoms. The number of rotatable bonds is 56. The Hall–Kier alpha value is -3.36. The van der Waals surface area contributed by atoms with Gasteiger partial charge in [0, 0.05) is 6.42 Å². The molecule has 0 aliphatic heterocycles. The van der Waals surface area contributed by atoms with E-state index in [9.17, 15) is 19.4 Å². The average Bonchev–Trinajstić information content (AvgIpc) is 3.41. The first-order chi connectivity index (χ1) is 38.0. The molecular weight excluding hydrogens is 984 g/mol. The minimum Gasteiger partial charge on any atom is -0.387 e. The molecule has 0 heterocycles. The number of unbranched alkanes of at least 4 members (excludes halogenated alkanes) is 23. The number of likely N-dealkylation sites (N-methyl/N-ethyl adjacent to an activating group) is 1. The van der Waals surface area contributed by atoms with Crippen molar-refractivity contribution in [2.24, 2.45) is 0 Å². The predicted molar refractivity (Wildman–Crippen MR) is 341 cm³/mol. The minimum atomic E-state index is -4.37. The number of nitrogens with zero attached hydrogens (tertiary/aromatic N) is 1. The number of carbonyl (C=O) groups excluding carboxylic acids is 1. The average molecular weight is 1100 g/mol. The molecule has 9 heteroatoms. The summed E-state index contributed by atoms with van der Waals surface area (Å²) in [6, 6.07) is -0.877. The van der Waals surface area contributed by atoms with Crippen molar-refractivity contribution in [2.75, 3.05) is 40.9 Å². The van der Waals surface area contributed by atoms with Gasteiger partial charge in [0.25, 0.3) is 0 Å². The zero-order valence-electron chi connectivity index (χ0n) is 50.9. The largest absolute Gasteiger partial charge is 0.472 e. The maximum Gasteiger partial charge on any atom is 0.472 e. The Kier molecular flexibility index (Phi) is 55.8. The van der Waals surface area contributed by atoms with Gasteiger partial charge < -0.3 is 19.8 Å². The molecule has 446 valence electrons. The van der Waals surface area contributed by atoms with Crippen LogP contribution in [0.15, 0.2) is 134 Å². The number of aliphatic hydroxyl groups excluding tert-OH is 1. The number of quaternary nitrogens is 1. The smallest absolute Gasteiger partial charge is 0.387 e. The molecule has 3 unspecified atom stereocenters. The van der Waals surface area contributed by atoms with Crippen molar-refractivity contribution in [3.63, 3.8) is 0 Å². The number of carbonyl (C=O) groups is 1. The van der Waals surface area contributed by atoms with Gasteiger partial charge in [-0.3, -0.25) is 13.8 Å². The van der Waals surface area contributed by atoms with Gasteiger partial charge in [-0.15, -0.1) is 0 Å². The monoisotopic (exact) mass is 1100 g/mol. The highest BCUT2D eigenvalue weighted by Gasteiger charge is 2.27. The number of aliphatic hydroxyl groups is 1. The van der Waals surface area contributed by atoms with E-state index in [1.54, 1.807) is 6.08 Å². The number of amides is 1. The lowest BCUT2D eigenvalue weighted by Gasteiger charge is -2.25. The lowest BCUT2D eigenvalue weighted by Crippen LogP contribution is -2.45. The van der Waals surface area contributed by atoms with E-state index in [1.807, 2.05) is 27.2 Å². The van der Waals surface area contributed by atoms with Crippen molar-refractivity contribution in [1.82, 2.24) is 5.32 Å². The second-order valence-corrected chi connectivity index (χ2v) is 23.5. The summed E-state index contributed by atoms with van der Waals surface area (Å²) in [6.07, 6.45) is 88.5. The number of hydrogen-bond donors (Lipinski definition) is 3. The fourth-order valence-electron chi connectivity index (χ4n) is 8.46. The van der Waals surface area contributed by atoms with Gasteiger partial charge in [-0.2, -0.15) is 0 Å². The Balaban J connectivity index is 4.20. The van der Waals surface area contributed by atoms with Gasteiger partial charge in [0.15, 0.2) is 0 Å². The molecule has 0 saturated carbocycles. The molecule has 0 aliphatic carbocycles. The van der Waals surface area contributed by atoms with E-state index in [1.165, 1.54) is 122 Å². The third-order valence-electron chi connectivity index (χ3n) is 13.4. The zero-order chi connectivity index (χ0) is 57.0. The molecule has 1 amide bonds. The maximum absolute atomic E-state index is 13.0. The maximum atomic E-state index is 13.0. The van der Waals surface area contributed by atoms with Gasteiger partial charge in [-0.25, -0.2) is 4.57 Å². The summed E-state index contributed by atoms with van der Waals surface area (Å²) in [5.74, 6) is -0.198. The second-order valence-electron chi connectivity index (χ2n) is 22.0. The van der Waals surface area contributed by atoms with Crippen LogP contribution in [0.1, 0.15) is 245 Å². The quantitative estimate of drug-likeness (QED) is 0.0243. The Morgan fingerprint density at radius 3 is 1.18 bits per heavy atom. The van der Waals surface area contributed by atoms with Crippen LogP contribution < -0.4 is 5.32 Å². The highest BCUT2D eigenvalue weighted by molar-refractivity contribution is 7.47. The summed E-state index contributed by atoms with van der Waals surface area (Å²) in [4.78, 5) is 23.3. The molecule has 0 aliphatic rings. The van der Waals surface area contributed by atoms with E-state index in [0.29, 0.717) is 17.4 Å². The van der Waals surface area contributed by atoms with Crippen molar-refractivity contribution < 1.29 is 32.9 Å². The number of phosphoric acid groups is 1. The van der Waals surface area contributed by atoms with Crippen molar-refractivity contribution in [3.05, 3.63) is 134 Å². The molecule has 0 aromatic carbocycles. The molecule has 0 aromatic heterocycles. The molecular formula is C69H120N2O6P+. The van der Waals surface area contributed by atoms with Crippen LogP contribution in [0.3, 0.4) is 0 Å². The molecule has 3 N–H and O–H groups in total. The standard InChI is InChI=1S/C69H119N2O6P/c1-6-8-10-12-14-16-18-20-22-24-26-27-28-29-30-31-32-33-34-35-36-37-38-39-40-41-42-43-45-47-49-51-53-55-57-59-61-63-69(73)70-67(66-77-78(74,75)76-65-64-71(3,4)5)68(72)62-60-58-56-54-52-50-48-46-44-25-23-21-19-17-15-13-11-9-7-2/h8,10,14,16,20,22,26-27,29-30,32-33,35-36,38-39,41-42,52,54,60,62,67-68,72H,6-7,9,11-13,15,17-19,21,23-25,28,31,34,37,40,43-51,53,55-59,61,63-66H2,1-5H3,(H-,70,73,74,75)/p+1/b10-8-,16-14-,22-20-,27-26-,30-29-,33-32-,36-35-,39-38-,42-41-,54-52+,62-60+. The van der Waals surface area contributed by atoms with Gasteiger partial charge in [-0.05, 0) is 103 Å². The molecule has 0 bridgehead atoms. The van der Waals surface area contributed by atoms with E-state index < -0.39 is 20.0 Å². The summed E-state index contributed by atoms with van der Waals surface area (Å²) < 4.78 is 23.7. The normalized spacial score (nSPS) is 14.7. The van der Waals surface area contributed by atoms with Crippen LogP contribution in [-0.4, -0.2) is 73.4 Å². The fraction of sp³-hybridized carbons (Fsp3) is 0.667. The highest BCUT2D eigenvalue weighted by atomic mass is 31.2. The number of hydrogen-bond acceptors (Lipinski definition) is 5. The fourth-order valence-corrected chi connectivity index (χ4v) is 9.20. The molecule has 3 atom stereocenters.